The van der Waals surface area contributed by atoms with E-state index < -0.39 is 0 Å². The second-order valence-electron chi connectivity index (χ2n) is 4.27. The van der Waals surface area contributed by atoms with Crippen molar-refractivity contribution in [2.75, 3.05) is 18.5 Å². The van der Waals surface area contributed by atoms with Gasteiger partial charge in [-0.05, 0) is 18.1 Å². The summed E-state index contributed by atoms with van der Waals surface area (Å²) in [6.07, 6.45) is 1.14. The van der Waals surface area contributed by atoms with Crippen molar-refractivity contribution in [2.45, 2.75) is 26.3 Å². The molecule has 2 unspecified atom stereocenters. The maximum atomic E-state index is 6.12. The van der Waals surface area contributed by atoms with Gasteiger partial charge in [-0.3, -0.25) is 0 Å². The highest BCUT2D eigenvalue weighted by Crippen LogP contribution is 2.13. The summed E-state index contributed by atoms with van der Waals surface area (Å²) in [4.78, 5) is 2.22. The molecule has 2 nitrogen and oxygen atoms in total. The van der Waals surface area contributed by atoms with Gasteiger partial charge in [0.25, 0.3) is 0 Å². The van der Waals surface area contributed by atoms with E-state index in [0.717, 1.165) is 13.0 Å². The normalized spacial score (nSPS) is 14.7. The number of likely N-dealkylation sites (N-methyl/N-ethyl adjacent to an activating group) is 1. The molecular formula is C13H22N2. The number of nitrogens with two attached hydrogens (primary N) is 1. The van der Waals surface area contributed by atoms with E-state index in [0.29, 0.717) is 5.92 Å². The van der Waals surface area contributed by atoms with Crippen LogP contribution in [0.2, 0.25) is 0 Å². The zero-order chi connectivity index (χ0) is 11.3. The highest BCUT2D eigenvalue weighted by Gasteiger charge is 2.13. The van der Waals surface area contributed by atoms with Crippen molar-refractivity contribution in [1.82, 2.24) is 0 Å². The molecule has 0 amide bonds. The molecular weight excluding hydrogens is 184 g/mol. The fraction of sp³-hybridized carbons (Fsp3) is 0.538. The number of nitrogens with zero attached hydrogens (tertiary/aromatic N) is 1. The van der Waals surface area contributed by atoms with Gasteiger partial charge in [-0.15, -0.1) is 0 Å². The number of benzene rings is 1. The van der Waals surface area contributed by atoms with Gasteiger partial charge < -0.3 is 10.6 Å². The number of hydrogen-bond acceptors (Lipinski definition) is 2. The summed E-state index contributed by atoms with van der Waals surface area (Å²) in [5, 5.41) is 0. The van der Waals surface area contributed by atoms with Crippen molar-refractivity contribution in [3.05, 3.63) is 30.3 Å². The Labute approximate surface area is 93.1 Å². The lowest BCUT2D eigenvalue weighted by atomic mass is 10.00. The molecule has 1 rings (SSSR count). The van der Waals surface area contributed by atoms with Gasteiger partial charge in [0.1, 0.15) is 0 Å². The van der Waals surface area contributed by atoms with Crippen LogP contribution in [-0.4, -0.2) is 19.6 Å². The zero-order valence-electron chi connectivity index (χ0n) is 9.98. The van der Waals surface area contributed by atoms with Crippen molar-refractivity contribution in [2.24, 2.45) is 11.7 Å². The van der Waals surface area contributed by atoms with Gasteiger partial charge >= 0.3 is 0 Å². The third-order valence-corrected chi connectivity index (χ3v) is 3.06. The van der Waals surface area contributed by atoms with E-state index in [1.807, 2.05) is 6.07 Å². The molecule has 0 aromatic heterocycles. The average molecular weight is 206 g/mol. The fourth-order valence-electron chi connectivity index (χ4n) is 1.59. The van der Waals surface area contributed by atoms with Crippen LogP contribution >= 0.6 is 0 Å². The second kappa shape index (κ2) is 5.76. The summed E-state index contributed by atoms with van der Waals surface area (Å²) in [6, 6.07) is 10.6. The smallest absolute Gasteiger partial charge is 0.0364 e. The molecule has 1 aromatic rings. The molecule has 0 aliphatic carbocycles. The van der Waals surface area contributed by atoms with Crippen LogP contribution in [-0.2, 0) is 0 Å². The summed E-state index contributed by atoms with van der Waals surface area (Å²) < 4.78 is 0. The Kier molecular flexibility index (Phi) is 4.63. The van der Waals surface area contributed by atoms with Crippen LogP contribution in [0.1, 0.15) is 20.3 Å². The van der Waals surface area contributed by atoms with Gasteiger partial charge in [0.05, 0.1) is 0 Å². The van der Waals surface area contributed by atoms with Crippen LogP contribution < -0.4 is 10.6 Å². The second-order valence-corrected chi connectivity index (χ2v) is 4.27. The van der Waals surface area contributed by atoms with E-state index in [4.69, 9.17) is 5.73 Å². The van der Waals surface area contributed by atoms with Crippen molar-refractivity contribution < 1.29 is 0 Å². The van der Waals surface area contributed by atoms with E-state index in [9.17, 15) is 0 Å². The number of rotatable bonds is 5. The van der Waals surface area contributed by atoms with Gasteiger partial charge in [0, 0.05) is 25.3 Å². The summed E-state index contributed by atoms with van der Waals surface area (Å²) in [5.74, 6) is 0.580. The predicted molar refractivity (Wildman–Crippen MR) is 67.1 cm³/mol. The molecule has 0 aliphatic heterocycles. The number of hydrogen-bond donors (Lipinski definition) is 1. The Morgan fingerprint density at radius 1 is 1.27 bits per heavy atom. The van der Waals surface area contributed by atoms with E-state index in [1.54, 1.807) is 0 Å². The average Bonchev–Trinajstić information content (AvgIpc) is 2.29. The van der Waals surface area contributed by atoms with Crippen LogP contribution in [0.15, 0.2) is 30.3 Å². The first-order chi connectivity index (χ1) is 7.15. The Morgan fingerprint density at radius 2 is 1.87 bits per heavy atom. The molecule has 0 bridgehead atoms. The predicted octanol–water partition coefficient (Wildman–Crippen LogP) is 2.50. The Hall–Kier alpha value is -1.02. The molecule has 84 valence electrons. The molecule has 0 heterocycles. The molecule has 0 aliphatic rings. The first-order valence-electron chi connectivity index (χ1n) is 5.67. The van der Waals surface area contributed by atoms with Crippen molar-refractivity contribution in [3.8, 4) is 0 Å². The van der Waals surface area contributed by atoms with Gasteiger partial charge in [-0.2, -0.15) is 0 Å². The van der Waals surface area contributed by atoms with Gasteiger partial charge in [0.2, 0.25) is 0 Å². The molecule has 15 heavy (non-hydrogen) atoms. The lowest BCUT2D eigenvalue weighted by Crippen LogP contribution is -2.39. The molecule has 0 saturated carbocycles. The van der Waals surface area contributed by atoms with E-state index in [-0.39, 0.29) is 6.04 Å². The van der Waals surface area contributed by atoms with Crippen LogP contribution in [0.5, 0.6) is 0 Å². The largest absolute Gasteiger partial charge is 0.373 e. The highest BCUT2D eigenvalue weighted by atomic mass is 15.1. The molecule has 0 radical (unpaired) electrons. The highest BCUT2D eigenvalue weighted by molar-refractivity contribution is 5.45. The summed E-state index contributed by atoms with van der Waals surface area (Å²) in [5.41, 5.74) is 7.36. The SMILES string of the molecule is CCC(C)C(N)CN(C)c1ccccc1. The third kappa shape index (κ3) is 3.56. The minimum absolute atomic E-state index is 0.250. The first kappa shape index (κ1) is 12.1. The lowest BCUT2D eigenvalue weighted by Gasteiger charge is -2.26. The zero-order valence-corrected chi connectivity index (χ0v) is 9.98. The minimum atomic E-state index is 0.250. The van der Waals surface area contributed by atoms with Gasteiger partial charge in [-0.1, -0.05) is 38.5 Å². The molecule has 2 atom stereocenters. The van der Waals surface area contributed by atoms with E-state index in [2.05, 4.69) is 50.1 Å². The maximum absolute atomic E-state index is 6.12. The molecule has 0 fully saturated rings. The minimum Gasteiger partial charge on any atom is -0.373 e. The quantitative estimate of drug-likeness (QED) is 0.802. The van der Waals surface area contributed by atoms with Crippen LogP contribution in [0, 0.1) is 5.92 Å². The van der Waals surface area contributed by atoms with Gasteiger partial charge in [-0.25, -0.2) is 0 Å². The third-order valence-electron chi connectivity index (χ3n) is 3.06. The monoisotopic (exact) mass is 206 g/mol. The lowest BCUT2D eigenvalue weighted by molar-refractivity contribution is 0.444. The molecule has 2 N–H and O–H groups in total. The first-order valence-corrected chi connectivity index (χ1v) is 5.67. The molecule has 2 heteroatoms. The van der Waals surface area contributed by atoms with Crippen molar-refractivity contribution >= 4 is 5.69 Å². The maximum Gasteiger partial charge on any atom is 0.0364 e. The number of anilines is 1. The Balaban J connectivity index is 2.52. The summed E-state index contributed by atoms with van der Waals surface area (Å²) in [6.45, 7) is 5.32. The standard InChI is InChI=1S/C13H22N2/c1-4-11(2)13(14)10-15(3)12-8-6-5-7-9-12/h5-9,11,13H,4,10,14H2,1-3H3. The van der Waals surface area contributed by atoms with Gasteiger partial charge in [0.15, 0.2) is 0 Å². The van der Waals surface area contributed by atoms with Crippen LogP contribution in [0.25, 0.3) is 0 Å². The summed E-state index contributed by atoms with van der Waals surface area (Å²) in [7, 11) is 2.09. The molecule has 0 saturated heterocycles. The fourth-order valence-corrected chi connectivity index (χ4v) is 1.59. The van der Waals surface area contributed by atoms with E-state index in [1.165, 1.54) is 5.69 Å². The summed E-state index contributed by atoms with van der Waals surface area (Å²) >= 11 is 0. The topological polar surface area (TPSA) is 29.3 Å². The van der Waals surface area contributed by atoms with Crippen LogP contribution in [0.3, 0.4) is 0 Å². The van der Waals surface area contributed by atoms with Crippen molar-refractivity contribution in [1.29, 1.82) is 0 Å². The molecule has 1 aromatic carbocycles. The number of para-hydroxylation sites is 1. The molecule has 0 spiro atoms. The Morgan fingerprint density at radius 3 is 2.40 bits per heavy atom. The Bertz CT molecular complexity index is 271. The van der Waals surface area contributed by atoms with Crippen molar-refractivity contribution in [3.63, 3.8) is 0 Å². The van der Waals surface area contributed by atoms with E-state index >= 15 is 0 Å². The van der Waals surface area contributed by atoms with Crippen LogP contribution in [0.4, 0.5) is 5.69 Å².